The van der Waals surface area contributed by atoms with Crippen molar-refractivity contribution in [1.82, 2.24) is 0 Å². The summed E-state index contributed by atoms with van der Waals surface area (Å²) in [5, 5.41) is 0. The molecular formula is C18H18N2O2S. The van der Waals surface area contributed by atoms with Crippen molar-refractivity contribution in [1.29, 1.82) is 0 Å². The van der Waals surface area contributed by atoms with Crippen molar-refractivity contribution in [2.24, 2.45) is 0 Å². The zero-order valence-corrected chi connectivity index (χ0v) is 13.8. The second-order valence-corrected chi connectivity index (χ2v) is 6.23. The molecule has 0 saturated heterocycles. The Hall–Kier alpha value is -2.27. The van der Waals surface area contributed by atoms with E-state index >= 15 is 0 Å². The smallest absolute Gasteiger partial charge is 0.247 e. The highest BCUT2D eigenvalue weighted by molar-refractivity contribution is 8.00. The predicted octanol–water partition coefficient (Wildman–Crippen LogP) is 3.18. The lowest BCUT2D eigenvalue weighted by Crippen LogP contribution is -2.45. The Morgan fingerprint density at radius 2 is 1.83 bits per heavy atom. The number of carbonyl (C=O) groups is 2. The number of para-hydroxylation sites is 2. The summed E-state index contributed by atoms with van der Waals surface area (Å²) in [5.41, 5.74) is 1.68. The van der Waals surface area contributed by atoms with Gasteiger partial charge in [-0.1, -0.05) is 30.3 Å². The standard InChI is InChI=1S/C18H18N2O2S/c1-2-19(14-8-4-3-5-9-14)17(21)12-20-15-10-6-7-11-16(15)23-13-18(20)22/h3-11H,2,12-13H2,1H3. The molecular weight excluding hydrogens is 308 g/mol. The maximum absolute atomic E-state index is 12.7. The van der Waals surface area contributed by atoms with Crippen LogP contribution in [0.4, 0.5) is 11.4 Å². The maximum Gasteiger partial charge on any atom is 0.247 e. The summed E-state index contributed by atoms with van der Waals surface area (Å²) in [6.45, 7) is 2.58. The number of likely N-dealkylation sites (N-methyl/N-ethyl adjacent to an activating group) is 1. The molecule has 118 valence electrons. The SMILES string of the molecule is CCN(C(=O)CN1C(=O)CSc2ccccc21)c1ccccc1. The van der Waals surface area contributed by atoms with Crippen LogP contribution in [0.2, 0.25) is 0 Å². The highest BCUT2D eigenvalue weighted by Gasteiger charge is 2.27. The fourth-order valence-electron chi connectivity index (χ4n) is 2.66. The summed E-state index contributed by atoms with van der Waals surface area (Å²) in [4.78, 5) is 29.3. The van der Waals surface area contributed by atoms with Gasteiger partial charge in [0, 0.05) is 17.1 Å². The van der Waals surface area contributed by atoms with Gasteiger partial charge in [-0.05, 0) is 31.2 Å². The van der Waals surface area contributed by atoms with E-state index in [2.05, 4.69) is 0 Å². The number of thioether (sulfide) groups is 1. The average Bonchev–Trinajstić information content (AvgIpc) is 2.59. The van der Waals surface area contributed by atoms with E-state index in [1.165, 1.54) is 11.8 Å². The third kappa shape index (κ3) is 3.24. The first-order valence-corrected chi connectivity index (χ1v) is 8.57. The molecule has 23 heavy (non-hydrogen) atoms. The molecule has 2 aromatic carbocycles. The molecule has 0 bridgehead atoms. The molecule has 5 heteroatoms. The fraction of sp³-hybridized carbons (Fsp3) is 0.222. The lowest BCUT2D eigenvalue weighted by atomic mass is 10.2. The van der Waals surface area contributed by atoms with Gasteiger partial charge in [-0.25, -0.2) is 0 Å². The Labute approximate surface area is 140 Å². The highest BCUT2D eigenvalue weighted by atomic mass is 32.2. The summed E-state index contributed by atoms with van der Waals surface area (Å²) in [6, 6.07) is 17.3. The van der Waals surface area contributed by atoms with Crippen LogP contribution < -0.4 is 9.80 Å². The van der Waals surface area contributed by atoms with E-state index in [0.717, 1.165) is 16.3 Å². The van der Waals surface area contributed by atoms with Crippen LogP contribution in [0.5, 0.6) is 0 Å². The highest BCUT2D eigenvalue weighted by Crippen LogP contribution is 2.34. The van der Waals surface area contributed by atoms with E-state index in [-0.39, 0.29) is 18.4 Å². The number of hydrogen-bond acceptors (Lipinski definition) is 3. The van der Waals surface area contributed by atoms with Gasteiger partial charge in [0.25, 0.3) is 0 Å². The van der Waals surface area contributed by atoms with Gasteiger partial charge in [0.15, 0.2) is 0 Å². The normalized spacial score (nSPS) is 13.6. The monoisotopic (exact) mass is 326 g/mol. The van der Waals surface area contributed by atoms with Gasteiger partial charge in [-0.3, -0.25) is 9.59 Å². The van der Waals surface area contributed by atoms with Gasteiger partial charge in [-0.15, -0.1) is 11.8 Å². The fourth-order valence-corrected chi connectivity index (χ4v) is 3.59. The first-order valence-electron chi connectivity index (χ1n) is 7.58. The second-order valence-electron chi connectivity index (χ2n) is 5.21. The van der Waals surface area contributed by atoms with Crippen molar-refractivity contribution >= 4 is 35.0 Å². The van der Waals surface area contributed by atoms with Gasteiger partial charge in [0.2, 0.25) is 11.8 Å². The number of nitrogens with zero attached hydrogens (tertiary/aromatic N) is 2. The Bertz CT molecular complexity index is 718. The molecule has 0 unspecified atom stereocenters. The molecule has 0 saturated carbocycles. The van der Waals surface area contributed by atoms with Crippen LogP contribution in [0.15, 0.2) is 59.5 Å². The van der Waals surface area contributed by atoms with Crippen LogP contribution in [0.3, 0.4) is 0 Å². The molecule has 0 aromatic heterocycles. The van der Waals surface area contributed by atoms with Crippen molar-refractivity contribution in [3.8, 4) is 0 Å². The predicted molar refractivity (Wildman–Crippen MR) is 94.0 cm³/mol. The number of fused-ring (bicyclic) bond motifs is 1. The van der Waals surface area contributed by atoms with E-state index in [1.54, 1.807) is 9.80 Å². The van der Waals surface area contributed by atoms with Gasteiger partial charge >= 0.3 is 0 Å². The molecule has 0 N–H and O–H groups in total. The average molecular weight is 326 g/mol. The Balaban J connectivity index is 1.83. The Kier molecular flexibility index (Phi) is 4.67. The van der Waals surface area contributed by atoms with Gasteiger partial charge in [0.05, 0.1) is 11.4 Å². The second kappa shape index (κ2) is 6.87. The molecule has 3 rings (SSSR count). The first-order chi connectivity index (χ1) is 11.2. The Morgan fingerprint density at radius 1 is 1.13 bits per heavy atom. The van der Waals surface area contributed by atoms with E-state index in [1.807, 2.05) is 61.5 Å². The zero-order valence-electron chi connectivity index (χ0n) is 12.9. The first kappa shape index (κ1) is 15.6. The van der Waals surface area contributed by atoms with Crippen molar-refractivity contribution in [3.63, 3.8) is 0 Å². The van der Waals surface area contributed by atoms with Gasteiger partial charge < -0.3 is 9.80 Å². The van der Waals surface area contributed by atoms with Gasteiger partial charge in [0.1, 0.15) is 6.54 Å². The minimum atomic E-state index is -0.0752. The number of amides is 2. The molecule has 2 amide bonds. The number of benzene rings is 2. The molecule has 4 nitrogen and oxygen atoms in total. The molecule has 0 spiro atoms. The molecule has 0 fully saturated rings. The number of anilines is 2. The molecule has 0 atom stereocenters. The van der Waals surface area contributed by atoms with Crippen LogP contribution in [-0.4, -0.2) is 30.7 Å². The molecule has 0 radical (unpaired) electrons. The molecule has 1 aliphatic heterocycles. The lowest BCUT2D eigenvalue weighted by molar-refractivity contribution is -0.121. The summed E-state index contributed by atoms with van der Waals surface area (Å²) in [7, 11) is 0. The van der Waals surface area contributed by atoms with Crippen LogP contribution >= 0.6 is 11.8 Å². The molecule has 2 aromatic rings. The van der Waals surface area contributed by atoms with E-state index in [9.17, 15) is 9.59 Å². The minimum Gasteiger partial charge on any atom is -0.311 e. The van der Waals surface area contributed by atoms with Crippen molar-refractivity contribution in [2.45, 2.75) is 11.8 Å². The zero-order chi connectivity index (χ0) is 16.2. The molecule has 0 aliphatic carbocycles. The topological polar surface area (TPSA) is 40.6 Å². The third-order valence-corrected chi connectivity index (χ3v) is 4.83. The minimum absolute atomic E-state index is 0.0221. The summed E-state index contributed by atoms with van der Waals surface area (Å²) in [5.74, 6) is 0.279. The van der Waals surface area contributed by atoms with Crippen LogP contribution in [0.25, 0.3) is 0 Å². The largest absolute Gasteiger partial charge is 0.311 e. The summed E-state index contributed by atoms with van der Waals surface area (Å²) < 4.78 is 0. The molecule has 1 heterocycles. The van der Waals surface area contributed by atoms with Crippen LogP contribution in [0.1, 0.15) is 6.92 Å². The quantitative estimate of drug-likeness (QED) is 0.866. The van der Waals surface area contributed by atoms with Crippen molar-refractivity contribution in [3.05, 3.63) is 54.6 Å². The van der Waals surface area contributed by atoms with Crippen LogP contribution in [-0.2, 0) is 9.59 Å². The van der Waals surface area contributed by atoms with E-state index < -0.39 is 0 Å². The Morgan fingerprint density at radius 3 is 2.57 bits per heavy atom. The summed E-state index contributed by atoms with van der Waals surface area (Å²) >= 11 is 1.52. The molecule has 1 aliphatic rings. The van der Waals surface area contributed by atoms with Gasteiger partial charge in [-0.2, -0.15) is 0 Å². The number of hydrogen-bond donors (Lipinski definition) is 0. The van der Waals surface area contributed by atoms with E-state index in [4.69, 9.17) is 0 Å². The van der Waals surface area contributed by atoms with Crippen molar-refractivity contribution < 1.29 is 9.59 Å². The third-order valence-electron chi connectivity index (χ3n) is 3.79. The number of carbonyl (C=O) groups excluding carboxylic acids is 2. The maximum atomic E-state index is 12.7. The van der Waals surface area contributed by atoms with Crippen molar-refractivity contribution in [2.75, 3.05) is 28.6 Å². The van der Waals surface area contributed by atoms with E-state index in [0.29, 0.717) is 12.3 Å². The van der Waals surface area contributed by atoms with Crippen LogP contribution in [0, 0.1) is 0 Å². The lowest BCUT2D eigenvalue weighted by Gasteiger charge is -2.30. The number of rotatable bonds is 4. The summed E-state index contributed by atoms with van der Waals surface area (Å²) in [6.07, 6.45) is 0.